The van der Waals surface area contributed by atoms with Gasteiger partial charge in [0, 0.05) is 6.42 Å². The Morgan fingerprint density at radius 3 is 1.70 bits per heavy atom. The van der Waals surface area contributed by atoms with Crippen LogP contribution in [0.1, 0.15) is 129 Å². The Bertz CT molecular complexity index is 398. The molecule has 0 saturated heterocycles. The minimum Gasteiger partial charge on any atom is -0.394 e. The lowest BCUT2D eigenvalue weighted by Gasteiger charge is -2.13. The van der Waals surface area contributed by atoms with Crippen LogP contribution in [0, 0.1) is 0 Å². The molecule has 4 nitrogen and oxygen atoms in total. The largest absolute Gasteiger partial charge is 0.394 e. The Balaban J connectivity index is 3.69. The van der Waals surface area contributed by atoms with E-state index in [-0.39, 0.29) is 12.5 Å². The molecule has 0 aliphatic rings. The highest BCUT2D eigenvalue weighted by Crippen LogP contribution is 2.13. The van der Waals surface area contributed by atoms with Gasteiger partial charge in [0.1, 0.15) is 0 Å². The standard InChI is InChI=1S/C26H51NO3/c1-3-5-7-9-10-11-12-13-14-16-17-19-25(29)22-21-24(23-28)27-26(30)20-18-15-8-6-4-2/h21-22,24-25,28-29H,3-20,23H2,1-2H3,(H,27,30)/b22-21+/t24-,25+/m1/s1. The maximum Gasteiger partial charge on any atom is 0.220 e. The van der Waals surface area contributed by atoms with Crippen molar-refractivity contribution in [1.29, 1.82) is 0 Å². The average Bonchev–Trinajstić information content (AvgIpc) is 2.74. The molecule has 0 spiro atoms. The summed E-state index contributed by atoms with van der Waals surface area (Å²) in [4.78, 5) is 12.0. The Kier molecular flexibility index (Phi) is 22.1. The van der Waals surface area contributed by atoms with Crippen molar-refractivity contribution < 1.29 is 15.0 Å². The Morgan fingerprint density at radius 2 is 1.20 bits per heavy atom. The SMILES string of the molecule is CCCCCCCCCCCCC[C@H](O)/C=C/[C@H](CO)NC(=O)CCCCCCC. The lowest BCUT2D eigenvalue weighted by atomic mass is 10.0. The lowest BCUT2D eigenvalue weighted by Crippen LogP contribution is -2.36. The van der Waals surface area contributed by atoms with E-state index in [4.69, 9.17) is 0 Å². The Labute approximate surface area is 186 Å². The minimum absolute atomic E-state index is 0.0185. The lowest BCUT2D eigenvalue weighted by molar-refractivity contribution is -0.121. The summed E-state index contributed by atoms with van der Waals surface area (Å²) in [6, 6.07) is -0.403. The van der Waals surface area contributed by atoms with E-state index >= 15 is 0 Å². The summed E-state index contributed by atoms with van der Waals surface area (Å²) in [5.41, 5.74) is 0. The number of unbranched alkanes of at least 4 members (excludes halogenated alkanes) is 14. The van der Waals surface area contributed by atoms with Gasteiger partial charge in [-0.3, -0.25) is 4.79 Å². The smallest absolute Gasteiger partial charge is 0.220 e. The quantitative estimate of drug-likeness (QED) is 0.138. The van der Waals surface area contributed by atoms with Crippen LogP contribution in [0.4, 0.5) is 0 Å². The molecule has 3 N–H and O–H groups in total. The highest BCUT2D eigenvalue weighted by molar-refractivity contribution is 5.76. The van der Waals surface area contributed by atoms with Gasteiger partial charge >= 0.3 is 0 Å². The van der Waals surface area contributed by atoms with Gasteiger partial charge in [0.25, 0.3) is 0 Å². The second-order valence-corrected chi connectivity index (χ2v) is 8.80. The molecular formula is C26H51NO3. The first-order chi connectivity index (χ1) is 14.6. The number of nitrogens with one attached hydrogen (secondary N) is 1. The van der Waals surface area contributed by atoms with E-state index in [9.17, 15) is 15.0 Å². The molecule has 0 bridgehead atoms. The van der Waals surface area contributed by atoms with Crippen molar-refractivity contribution >= 4 is 5.91 Å². The normalized spacial score (nSPS) is 13.6. The zero-order valence-corrected chi connectivity index (χ0v) is 20.0. The summed E-state index contributed by atoms with van der Waals surface area (Å²) in [7, 11) is 0. The van der Waals surface area contributed by atoms with Crippen molar-refractivity contribution in [3.05, 3.63) is 12.2 Å². The fourth-order valence-electron chi connectivity index (χ4n) is 3.70. The second kappa shape index (κ2) is 22.8. The van der Waals surface area contributed by atoms with E-state index < -0.39 is 12.1 Å². The zero-order chi connectivity index (χ0) is 22.3. The van der Waals surface area contributed by atoms with Crippen molar-refractivity contribution in [2.24, 2.45) is 0 Å². The van der Waals surface area contributed by atoms with Crippen molar-refractivity contribution in [3.8, 4) is 0 Å². The monoisotopic (exact) mass is 425 g/mol. The third kappa shape index (κ3) is 20.4. The van der Waals surface area contributed by atoms with Crippen molar-refractivity contribution in [2.45, 2.75) is 142 Å². The molecule has 0 fully saturated rings. The van der Waals surface area contributed by atoms with Gasteiger partial charge in [0.2, 0.25) is 5.91 Å². The predicted octanol–water partition coefficient (Wildman–Crippen LogP) is 6.44. The van der Waals surface area contributed by atoms with Crippen LogP contribution in [0.5, 0.6) is 0 Å². The van der Waals surface area contributed by atoms with E-state index in [1.807, 2.05) is 0 Å². The molecule has 0 aromatic rings. The number of amides is 1. The van der Waals surface area contributed by atoms with Gasteiger partial charge in [-0.05, 0) is 12.8 Å². The molecule has 2 atom stereocenters. The molecule has 30 heavy (non-hydrogen) atoms. The van der Waals surface area contributed by atoms with Gasteiger partial charge in [-0.2, -0.15) is 0 Å². The van der Waals surface area contributed by atoms with E-state index in [1.54, 1.807) is 12.2 Å². The number of carbonyl (C=O) groups excluding carboxylic acids is 1. The maximum absolute atomic E-state index is 12.0. The molecule has 0 heterocycles. The first-order valence-corrected chi connectivity index (χ1v) is 12.9. The van der Waals surface area contributed by atoms with Gasteiger partial charge in [-0.1, -0.05) is 122 Å². The van der Waals surface area contributed by atoms with Crippen LogP contribution in [-0.4, -0.2) is 34.9 Å². The van der Waals surface area contributed by atoms with Crippen LogP contribution in [0.15, 0.2) is 12.2 Å². The van der Waals surface area contributed by atoms with Gasteiger partial charge in [0.15, 0.2) is 0 Å². The fraction of sp³-hybridized carbons (Fsp3) is 0.885. The summed E-state index contributed by atoms with van der Waals surface area (Å²) >= 11 is 0. The van der Waals surface area contributed by atoms with Crippen LogP contribution < -0.4 is 5.32 Å². The van der Waals surface area contributed by atoms with E-state index in [2.05, 4.69) is 19.2 Å². The number of hydrogen-bond donors (Lipinski definition) is 3. The second-order valence-electron chi connectivity index (χ2n) is 8.80. The zero-order valence-electron chi connectivity index (χ0n) is 20.0. The molecular weight excluding hydrogens is 374 g/mol. The van der Waals surface area contributed by atoms with Crippen LogP contribution in [0.3, 0.4) is 0 Å². The minimum atomic E-state index is -0.497. The summed E-state index contributed by atoms with van der Waals surface area (Å²) in [6.45, 7) is 4.30. The molecule has 0 aliphatic carbocycles. The number of carbonyl (C=O) groups is 1. The molecule has 0 radical (unpaired) electrons. The Morgan fingerprint density at radius 1 is 0.733 bits per heavy atom. The van der Waals surface area contributed by atoms with Crippen LogP contribution in [0.25, 0.3) is 0 Å². The molecule has 0 rings (SSSR count). The first kappa shape index (κ1) is 29.1. The molecule has 4 heteroatoms. The van der Waals surface area contributed by atoms with Gasteiger partial charge in [-0.25, -0.2) is 0 Å². The Hall–Kier alpha value is -0.870. The van der Waals surface area contributed by atoms with Crippen molar-refractivity contribution in [3.63, 3.8) is 0 Å². The number of aliphatic hydroxyl groups excluding tert-OH is 2. The summed E-state index contributed by atoms with van der Waals surface area (Å²) in [5.74, 6) is -0.0185. The molecule has 1 amide bonds. The van der Waals surface area contributed by atoms with Gasteiger partial charge in [-0.15, -0.1) is 0 Å². The highest BCUT2D eigenvalue weighted by atomic mass is 16.3. The van der Waals surface area contributed by atoms with E-state index in [0.29, 0.717) is 6.42 Å². The van der Waals surface area contributed by atoms with Crippen LogP contribution in [-0.2, 0) is 4.79 Å². The van der Waals surface area contributed by atoms with Crippen molar-refractivity contribution in [1.82, 2.24) is 5.32 Å². The summed E-state index contributed by atoms with van der Waals surface area (Å²) in [5, 5.41) is 22.4. The van der Waals surface area contributed by atoms with E-state index in [0.717, 1.165) is 25.7 Å². The summed E-state index contributed by atoms with van der Waals surface area (Å²) < 4.78 is 0. The third-order valence-electron chi connectivity index (χ3n) is 5.72. The van der Waals surface area contributed by atoms with Gasteiger partial charge in [0.05, 0.1) is 18.8 Å². The maximum atomic E-state index is 12.0. The van der Waals surface area contributed by atoms with Crippen LogP contribution in [0.2, 0.25) is 0 Å². The highest BCUT2D eigenvalue weighted by Gasteiger charge is 2.09. The molecule has 0 unspecified atom stereocenters. The number of hydrogen-bond acceptors (Lipinski definition) is 3. The first-order valence-electron chi connectivity index (χ1n) is 12.9. The molecule has 178 valence electrons. The van der Waals surface area contributed by atoms with Crippen molar-refractivity contribution in [2.75, 3.05) is 6.61 Å². The average molecular weight is 426 g/mol. The summed E-state index contributed by atoms with van der Waals surface area (Å²) in [6.07, 6.45) is 24.1. The third-order valence-corrected chi connectivity index (χ3v) is 5.72. The molecule has 0 aromatic heterocycles. The number of rotatable bonds is 22. The van der Waals surface area contributed by atoms with Gasteiger partial charge < -0.3 is 15.5 Å². The molecule has 0 aliphatic heterocycles. The topological polar surface area (TPSA) is 69.6 Å². The predicted molar refractivity (Wildman–Crippen MR) is 129 cm³/mol. The number of aliphatic hydroxyl groups is 2. The van der Waals surface area contributed by atoms with Crippen LogP contribution >= 0.6 is 0 Å². The molecule has 0 aromatic carbocycles. The fourth-order valence-corrected chi connectivity index (χ4v) is 3.70. The molecule has 0 saturated carbocycles. The van der Waals surface area contributed by atoms with E-state index in [1.165, 1.54) is 83.5 Å².